The number of nitrogens with zero attached hydrogens (tertiary/aromatic N) is 2. The van der Waals surface area contributed by atoms with Crippen molar-refractivity contribution >= 4 is 23.6 Å². The van der Waals surface area contributed by atoms with Crippen molar-refractivity contribution in [3.8, 4) is 6.19 Å². The Morgan fingerprint density at radius 2 is 1.52 bits per heavy atom. The van der Waals surface area contributed by atoms with E-state index in [0.717, 1.165) is 10.5 Å². The van der Waals surface area contributed by atoms with E-state index in [9.17, 15) is 9.59 Å². The van der Waals surface area contributed by atoms with Crippen LogP contribution in [0.1, 0.15) is 26.3 Å². The first-order valence-electron chi connectivity index (χ1n) is 6.80. The van der Waals surface area contributed by atoms with Crippen LogP contribution in [0.3, 0.4) is 0 Å². The summed E-state index contributed by atoms with van der Waals surface area (Å²) in [7, 11) is 0. The van der Waals surface area contributed by atoms with Crippen LogP contribution in [0.5, 0.6) is 0 Å². The molecule has 0 unspecified atom stereocenters. The summed E-state index contributed by atoms with van der Waals surface area (Å²) in [5, 5.41) is 7.10. The van der Waals surface area contributed by atoms with E-state index in [0.29, 0.717) is 17.7 Å². The van der Waals surface area contributed by atoms with Crippen LogP contribution < -0.4 is 5.73 Å². The molecule has 2 N–H and O–H groups in total. The Morgan fingerprint density at radius 1 is 1.04 bits per heavy atom. The van der Waals surface area contributed by atoms with E-state index < -0.39 is 0 Å². The molecule has 23 heavy (non-hydrogen) atoms. The van der Waals surface area contributed by atoms with Crippen LogP contribution in [0, 0.1) is 11.5 Å². The van der Waals surface area contributed by atoms with Crippen molar-refractivity contribution in [1.82, 2.24) is 4.90 Å². The summed E-state index contributed by atoms with van der Waals surface area (Å²) in [6.07, 6.45) is 3.26. The molecule has 116 valence electrons. The lowest BCUT2D eigenvalue weighted by molar-refractivity contribution is 0.0642. The van der Waals surface area contributed by atoms with E-state index in [-0.39, 0.29) is 11.8 Å². The van der Waals surface area contributed by atoms with E-state index in [1.165, 1.54) is 11.1 Å². The van der Waals surface area contributed by atoms with Gasteiger partial charge in [-0.3, -0.25) is 14.5 Å². The van der Waals surface area contributed by atoms with Crippen LogP contribution in [0.15, 0.2) is 53.4 Å². The molecule has 0 fully saturated rings. The Hall–Kier alpha value is -2.78. The van der Waals surface area contributed by atoms with Gasteiger partial charge >= 0.3 is 0 Å². The minimum Gasteiger partial charge on any atom is -0.337 e. The minimum absolute atomic E-state index is 0.209. The molecule has 0 saturated carbocycles. The minimum atomic E-state index is -0.209. The van der Waals surface area contributed by atoms with E-state index >= 15 is 0 Å². The lowest BCUT2D eigenvalue weighted by atomic mass is 10.1. The predicted molar refractivity (Wildman–Crippen MR) is 88.7 cm³/mol. The van der Waals surface area contributed by atoms with E-state index in [1.54, 1.807) is 36.0 Å². The maximum atomic E-state index is 12.2. The SMILES string of the molecule is CSc1ccc(CN2C(=O)c3ccccc3C2=O)cc1.N#CN. The van der Waals surface area contributed by atoms with Gasteiger partial charge < -0.3 is 5.73 Å². The first-order chi connectivity index (χ1) is 11.1. The summed E-state index contributed by atoms with van der Waals surface area (Å²) in [6, 6.07) is 14.9. The van der Waals surface area contributed by atoms with Gasteiger partial charge in [-0.15, -0.1) is 11.8 Å². The molecule has 1 aliphatic heterocycles. The van der Waals surface area contributed by atoms with E-state index in [2.05, 4.69) is 5.73 Å². The Balaban J connectivity index is 0.000000595. The molecule has 0 aromatic heterocycles. The summed E-state index contributed by atoms with van der Waals surface area (Å²) in [5.74, 6) is -0.418. The van der Waals surface area contributed by atoms with Gasteiger partial charge in [0.2, 0.25) is 0 Å². The molecule has 0 atom stereocenters. The standard InChI is InChI=1S/C16H13NO2S.CH2N2/c1-20-12-8-6-11(7-9-12)10-17-15(18)13-4-2-3-5-14(13)16(17)19;2-1-3/h2-9H,10H2,1H3;2H2. The Bertz CT molecular complexity index is 731. The number of carbonyl (C=O) groups excluding carboxylic acids is 2. The van der Waals surface area contributed by atoms with Crippen molar-refractivity contribution in [3.05, 3.63) is 65.2 Å². The fraction of sp³-hybridized carbons (Fsp3) is 0.118. The molecule has 0 aliphatic carbocycles. The van der Waals surface area contributed by atoms with Gasteiger partial charge in [0.15, 0.2) is 6.19 Å². The van der Waals surface area contributed by atoms with Gasteiger partial charge in [0.05, 0.1) is 17.7 Å². The number of fused-ring (bicyclic) bond motifs is 1. The number of thioether (sulfide) groups is 1. The zero-order chi connectivity index (χ0) is 16.8. The highest BCUT2D eigenvalue weighted by Gasteiger charge is 2.34. The highest BCUT2D eigenvalue weighted by Crippen LogP contribution is 2.24. The summed E-state index contributed by atoms with van der Waals surface area (Å²) >= 11 is 1.66. The van der Waals surface area contributed by atoms with Gasteiger partial charge in [-0.2, -0.15) is 5.26 Å². The van der Waals surface area contributed by atoms with Crippen LogP contribution >= 0.6 is 11.8 Å². The molecule has 0 spiro atoms. The van der Waals surface area contributed by atoms with Gasteiger partial charge in [-0.05, 0) is 36.1 Å². The van der Waals surface area contributed by atoms with Crippen LogP contribution in [-0.4, -0.2) is 23.0 Å². The number of hydrogen-bond acceptors (Lipinski definition) is 5. The Morgan fingerprint density at radius 3 is 1.96 bits per heavy atom. The highest BCUT2D eigenvalue weighted by molar-refractivity contribution is 7.98. The average molecular weight is 325 g/mol. The largest absolute Gasteiger partial charge is 0.337 e. The molecule has 0 bridgehead atoms. The summed E-state index contributed by atoms with van der Waals surface area (Å²) in [4.78, 5) is 26.9. The van der Waals surface area contributed by atoms with Crippen molar-refractivity contribution in [1.29, 1.82) is 5.26 Å². The first-order valence-corrected chi connectivity index (χ1v) is 8.02. The average Bonchev–Trinajstić information content (AvgIpc) is 2.82. The summed E-state index contributed by atoms with van der Waals surface area (Å²) < 4.78 is 0. The zero-order valence-electron chi connectivity index (χ0n) is 12.5. The Kier molecular flexibility index (Phi) is 5.39. The van der Waals surface area contributed by atoms with Gasteiger partial charge in [0.1, 0.15) is 0 Å². The molecular weight excluding hydrogens is 310 g/mol. The predicted octanol–water partition coefficient (Wildman–Crippen LogP) is 2.63. The molecule has 0 radical (unpaired) electrons. The number of benzene rings is 2. The van der Waals surface area contributed by atoms with E-state index in [1.807, 2.05) is 30.5 Å². The van der Waals surface area contributed by atoms with Gasteiger partial charge in [0.25, 0.3) is 11.8 Å². The number of imide groups is 1. The smallest absolute Gasteiger partial charge is 0.261 e. The second kappa shape index (κ2) is 7.47. The summed E-state index contributed by atoms with van der Waals surface area (Å²) in [5.41, 5.74) is 6.11. The second-order valence-electron chi connectivity index (χ2n) is 4.72. The molecule has 5 nitrogen and oxygen atoms in total. The molecule has 1 aliphatic rings. The summed E-state index contributed by atoms with van der Waals surface area (Å²) in [6.45, 7) is 0.320. The van der Waals surface area contributed by atoms with Crippen LogP contribution in [-0.2, 0) is 6.54 Å². The number of carbonyl (C=O) groups is 2. The molecule has 1 heterocycles. The molecule has 6 heteroatoms. The molecule has 2 aromatic rings. The third-order valence-corrected chi connectivity index (χ3v) is 4.12. The van der Waals surface area contributed by atoms with E-state index in [4.69, 9.17) is 5.26 Å². The third-order valence-electron chi connectivity index (χ3n) is 3.38. The monoisotopic (exact) mass is 325 g/mol. The quantitative estimate of drug-likeness (QED) is 0.406. The first kappa shape index (κ1) is 16.6. The van der Waals surface area contributed by atoms with Crippen molar-refractivity contribution in [2.45, 2.75) is 11.4 Å². The van der Waals surface area contributed by atoms with Crippen LogP contribution in [0.25, 0.3) is 0 Å². The van der Waals surface area contributed by atoms with Crippen molar-refractivity contribution in [2.75, 3.05) is 6.26 Å². The lowest BCUT2D eigenvalue weighted by Gasteiger charge is -2.14. The second-order valence-corrected chi connectivity index (χ2v) is 5.60. The van der Waals surface area contributed by atoms with Gasteiger partial charge in [0, 0.05) is 4.90 Å². The molecule has 2 aromatic carbocycles. The third kappa shape index (κ3) is 3.52. The van der Waals surface area contributed by atoms with Gasteiger partial charge in [-0.1, -0.05) is 24.3 Å². The maximum Gasteiger partial charge on any atom is 0.261 e. The lowest BCUT2D eigenvalue weighted by Crippen LogP contribution is -2.29. The van der Waals surface area contributed by atoms with Gasteiger partial charge in [-0.25, -0.2) is 0 Å². The fourth-order valence-electron chi connectivity index (χ4n) is 2.30. The van der Waals surface area contributed by atoms with Crippen LogP contribution in [0.2, 0.25) is 0 Å². The molecule has 0 saturated heterocycles. The number of rotatable bonds is 3. The van der Waals surface area contributed by atoms with Crippen molar-refractivity contribution in [2.24, 2.45) is 5.73 Å². The topological polar surface area (TPSA) is 87.2 Å². The van der Waals surface area contributed by atoms with Crippen molar-refractivity contribution < 1.29 is 9.59 Å². The molecular formula is C17H15N3O2S. The molecule has 3 rings (SSSR count). The maximum absolute atomic E-state index is 12.2. The Labute approximate surface area is 138 Å². The van der Waals surface area contributed by atoms with Crippen LogP contribution in [0.4, 0.5) is 0 Å². The number of amides is 2. The number of nitriles is 1. The highest BCUT2D eigenvalue weighted by atomic mass is 32.2. The van der Waals surface area contributed by atoms with Crippen molar-refractivity contribution in [3.63, 3.8) is 0 Å². The normalized spacial score (nSPS) is 12.3. The molecule has 2 amide bonds. The fourth-order valence-corrected chi connectivity index (χ4v) is 2.70. The zero-order valence-corrected chi connectivity index (χ0v) is 13.3. The number of nitrogens with two attached hydrogens (primary N) is 1. The number of hydrogen-bond donors (Lipinski definition) is 1.